The molecule has 2 aromatic rings. The van der Waals surface area contributed by atoms with E-state index in [1.807, 2.05) is 53.5 Å². The fourth-order valence-electron chi connectivity index (χ4n) is 1.75. The molecule has 0 saturated heterocycles. The monoisotopic (exact) mass is 244 g/mol. The van der Waals surface area contributed by atoms with Crippen LogP contribution in [0.4, 0.5) is 0 Å². The molecule has 18 heavy (non-hydrogen) atoms. The molecule has 4 nitrogen and oxygen atoms in total. The zero-order valence-corrected chi connectivity index (χ0v) is 10.3. The quantitative estimate of drug-likeness (QED) is 0.817. The smallest absolute Gasteiger partial charge is 0.309 e. The van der Waals surface area contributed by atoms with Crippen LogP contribution < -0.4 is 5.43 Å². The number of methoxy groups -OCH3 is 1. The highest BCUT2D eigenvalue weighted by Crippen LogP contribution is 2.10. The summed E-state index contributed by atoms with van der Waals surface area (Å²) in [5, 5.41) is 0. The van der Waals surface area contributed by atoms with Crippen LogP contribution in [-0.2, 0) is 22.5 Å². The number of hydrogen-bond acceptors (Lipinski definition) is 3. The highest BCUT2D eigenvalue weighted by atomic mass is 16.5. The molecule has 1 N–H and O–H groups in total. The minimum Gasteiger partial charge on any atom is -0.469 e. The van der Waals surface area contributed by atoms with E-state index in [-0.39, 0.29) is 5.97 Å². The van der Waals surface area contributed by atoms with Crippen molar-refractivity contribution in [1.82, 2.24) is 4.68 Å². The Labute approximate surface area is 106 Å². The van der Waals surface area contributed by atoms with E-state index in [0.717, 1.165) is 11.1 Å². The van der Waals surface area contributed by atoms with Crippen molar-refractivity contribution in [3.8, 4) is 0 Å². The molecule has 0 fully saturated rings. The minimum atomic E-state index is -0.219. The first kappa shape index (κ1) is 12.2. The lowest BCUT2D eigenvalue weighted by Gasteiger charge is -2.11. The number of benzene rings is 1. The second-order valence-corrected chi connectivity index (χ2v) is 3.95. The maximum Gasteiger partial charge on any atom is 0.309 e. The van der Waals surface area contributed by atoms with Crippen molar-refractivity contribution in [3.63, 3.8) is 0 Å². The zero-order chi connectivity index (χ0) is 12.8. The number of aromatic nitrogens is 1. The first-order valence-electron chi connectivity index (χ1n) is 5.80. The number of ether oxygens (including phenoxy) is 1. The van der Waals surface area contributed by atoms with Crippen molar-refractivity contribution >= 4 is 5.97 Å². The summed E-state index contributed by atoms with van der Waals surface area (Å²) in [6, 6.07) is 11.8. The molecule has 1 aromatic heterocycles. The maximum atomic E-state index is 11.3. The van der Waals surface area contributed by atoms with Crippen LogP contribution in [0, 0.1) is 0 Å². The minimum absolute atomic E-state index is 0.219. The van der Waals surface area contributed by atoms with Crippen LogP contribution in [0.2, 0.25) is 0 Å². The van der Waals surface area contributed by atoms with Crippen molar-refractivity contribution < 1.29 is 9.53 Å². The predicted octanol–water partition coefficient (Wildman–Crippen LogP) is 1.95. The van der Waals surface area contributed by atoms with Gasteiger partial charge in [-0.25, -0.2) is 0 Å². The van der Waals surface area contributed by atoms with E-state index in [1.165, 1.54) is 7.11 Å². The highest BCUT2D eigenvalue weighted by Gasteiger charge is 2.07. The van der Waals surface area contributed by atoms with Gasteiger partial charge in [-0.3, -0.25) is 9.47 Å². The molecule has 0 bridgehead atoms. The Morgan fingerprint density at radius 1 is 1.17 bits per heavy atom. The summed E-state index contributed by atoms with van der Waals surface area (Å²) >= 11 is 0. The molecular formula is C14H16N2O2. The molecule has 0 aliphatic heterocycles. The van der Waals surface area contributed by atoms with Crippen molar-refractivity contribution in [2.45, 2.75) is 13.0 Å². The average Bonchev–Trinajstić information content (AvgIpc) is 2.91. The predicted molar refractivity (Wildman–Crippen MR) is 69.7 cm³/mol. The number of esters is 1. The van der Waals surface area contributed by atoms with Gasteiger partial charge in [0.15, 0.2) is 0 Å². The van der Waals surface area contributed by atoms with Crippen molar-refractivity contribution in [1.29, 1.82) is 0 Å². The van der Waals surface area contributed by atoms with Gasteiger partial charge in [-0.05, 0) is 23.3 Å². The average molecular weight is 244 g/mol. The van der Waals surface area contributed by atoms with E-state index >= 15 is 0 Å². The number of nitrogens with zero attached hydrogens (tertiary/aromatic N) is 1. The zero-order valence-electron chi connectivity index (χ0n) is 10.3. The summed E-state index contributed by atoms with van der Waals surface area (Å²) in [4.78, 5) is 11.3. The number of carbonyl (C=O) groups excluding carboxylic acids is 1. The number of hydrogen-bond donors (Lipinski definition) is 1. The standard InChI is InChI=1S/C14H16N2O2/c1-18-14(17)10-12-6-2-3-7-13(12)11-15-16-8-4-5-9-16/h2-9,15H,10-11H2,1H3. The third kappa shape index (κ3) is 3.13. The van der Waals surface area contributed by atoms with Crippen molar-refractivity contribution in [3.05, 3.63) is 59.9 Å². The molecule has 1 aromatic carbocycles. The lowest BCUT2D eigenvalue weighted by atomic mass is 10.0. The first-order chi connectivity index (χ1) is 8.79. The Hall–Kier alpha value is -2.23. The molecule has 0 atom stereocenters. The molecule has 0 spiro atoms. The van der Waals surface area contributed by atoms with Crippen molar-refractivity contribution in [2.75, 3.05) is 12.5 Å². The fourth-order valence-corrected chi connectivity index (χ4v) is 1.75. The molecule has 94 valence electrons. The topological polar surface area (TPSA) is 43.3 Å². The second-order valence-electron chi connectivity index (χ2n) is 3.95. The Morgan fingerprint density at radius 3 is 2.50 bits per heavy atom. The third-order valence-corrected chi connectivity index (χ3v) is 2.74. The van der Waals surface area contributed by atoms with Gasteiger partial charge in [0.05, 0.1) is 20.1 Å². The van der Waals surface area contributed by atoms with E-state index in [0.29, 0.717) is 13.0 Å². The second kappa shape index (κ2) is 5.91. The third-order valence-electron chi connectivity index (χ3n) is 2.74. The summed E-state index contributed by atoms with van der Waals surface area (Å²) in [6.45, 7) is 0.668. The van der Waals surface area contributed by atoms with Crippen LogP contribution in [0.1, 0.15) is 11.1 Å². The Bertz CT molecular complexity index is 506. The lowest BCUT2D eigenvalue weighted by molar-refractivity contribution is -0.139. The normalized spacial score (nSPS) is 10.1. The summed E-state index contributed by atoms with van der Waals surface area (Å²) < 4.78 is 6.58. The van der Waals surface area contributed by atoms with E-state index in [1.54, 1.807) is 0 Å². The molecule has 1 heterocycles. The Kier molecular flexibility index (Phi) is 4.02. The van der Waals surface area contributed by atoms with Crippen LogP contribution in [0.3, 0.4) is 0 Å². The van der Waals surface area contributed by atoms with E-state index < -0.39 is 0 Å². The van der Waals surface area contributed by atoms with Gasteiger partial charge < -0.3 is 10.2 Å². The van der Waals surface area contributed by atoms with Crippen LogP contribution >= 0.6 is 0 Å². The lowest BCUT2D eigenvalue weighted by Crippen LogP contribution is -2.14. The first-order valence-corrected chi connectivity index (χ1v) is 5.80. The molecule has 0 saturated carbocycles. The number of nitrogens with one attached hydrogen (secondary N) is 1. The highest BCUT2D eigenvalue weighted by molar-refractivity contribution is 5.72. The van der Waals surface area contributed by atoms with Gasteiger partial charge in [0, 0.05) is 12.4 Å². The van der Waals surface area contributed by atoms with Gasteiger partial charge in [0.2, 0.25) is 0 Å². The fraction of sp³-hybridized carbons (Fsp3) is 0.214. The summed E-state index contributed by atoms with van der Waals surface area (Å²) in [7, 11) is 1.41. The summed E-state index contributed by atoms with van der Waals surface area (Å²) in [6.07, 6.45) is 4.17. The Morgan fingerprint density at radius 2 is 1.83 bits per heavy atom. The molecule has 4 heteroatoms. The molecule has 0 radical (unpaired) electrons. The van der Waals surface area contributed by atoms with Crippen molar-refractivity contribution in [2.24, 2.45) is 0 Å². The molecule has 0 aliphatic rings. The molecule has 2 rings (SSSR count). The Balaban J connectivity index is 2.05. The number of rotatable bonds is 5. The van der Waals surface area contributed by atoms with Gasteiger partial charge in [-0.1, -0.05) is 24.3 Å². The van der Waals surface area contributed by atoms with E-state index in [2.05, 4.69) is 5.43 Å². The van der Waals surface area contributed by atoms with E-state index in [9.17, 15) is 4.79 Å². The van der Waals surface area contributed by atoms with Crippen LogP contribution in [0.15, 0.2) is 48.8 Å². The molecule has 0 aliphatic carbocycles. The SMILES string of the molecule is COC(=O)Cc1ccccc1CNn1cccc1. The maximum absolute atomic E-state index is 11.3. The molecule has 0 amide bonds. The van der Waals surface area contributed by atoms with Gasteiger partial charge in [0.1, 0.15) is 0 Å². The van der Waals surface area contributed by atoms with E-state index in [4.69, 9.17) is 4.74 Å². The van der Waals surface area contributed by atoms with Gasteiger partial charge in [0.25, 0.3) is 0 Å². The summed E-state index contributed by atoms with van der Waals surface area (Å²) in [5.74, 6) is -0.219. The van der Waals surface area contributed by atoms with Crippen LogP contribution in [0.25, 0.3) is 0 Å². The van der Waals surface area contributed by atoms with Gasteiger partial charge in [-0.15, -0.1) is 0 Å². The molecular weight excluding hydrogens is 228 g/mol. The van der Waals surface area contributed by atoms with Crippen LogP contribution in [-0.4, -0.2) is 17.8 Å². The largest absolute Gasteiger partial charge is 0.469 e. The van der Waals surface area contributed by atoms with Gasteiger partial charge >= 0.3 is 5.97 Å². The van der Waals surface area contributed by atoms with Gasteiger partial charge in [-0.2, -0.15) is 0 Å². The summed E-state index contributed by atoms with van der Waals surface area (Å²) in [5.41, 5.74) is 5.32. The molecule has 0 unspecified atom stereocenters. The number of carbonyl (C=O) groups is 1. The van der Waals surface area contributed by atoms with Crippen LogP contribution in [0.5, 0.6) is 0 Å².